The fraction of sp³-hybridized carbons (Fsp3) is 0.500. The summed E-state index contributed by atoms with van der Waals surface area (Å²) in [5.74, 6) is -1.18. The van der Waals surface area contributed by atoms with Crippen LogP contribution in [0.4, 0.5) is 0 Å². The van der Waals surface area contributed by atoms with Crippen molar-refractivity contribution in [3.8, 4) is 0 Å². The molecule has 0 aromatic carbocycles. The van der Waals surface area contributed by atoms with Crippen molar-refractivity contribution < 1.29 is 9.90 Å². The van der Waals surface area contributed by atoms with Crippen LogP contribution in [-0.4, -0.2) is 27.8 Å². The van der Waals surface area contributed by atoms with Gasteiger partial charge in [-0.3, -0.25) is 15.0 Å². The number of rotatable bonds is 2. The van der Waals surface area contributed by atoms with Crippen LogP contribution in [0.2, 0.25) is 0 Å². The molecular formula is C8H11N3O3. The van der Waals surface area contributed by atoms with Crippen LogP contribution in [0.1, 0.15) is 34.9 Å². The van der Waals surface area contributed by atoms with Gasteiger partial charge in [-0.1, -0.05) is 0 Å². The lowest BCUT2D eigenvalue weighted by Gasteiger charge is -2.07. The number of aromatic carboxylic acids is 1. The summed E-state index contributed by atoms with van der Waals surface area (Å²) in [6.07, 6.45) is 1.85. The van der Waals surface area contributed by atoms with Crippen LogP contribution in [0.5, 0.6) is 0 Å². The molecule has 2 heterocycles. The first-order valence-electron chi connectivity index (χ1n) is 4.47. The van der Waals surface area contributed by atoms with E-state index in [1.54, 1.807) is 0 Å². The number of hydrogen-bond acceptors (Lipinski definition) is 3. The zero-order valence-electron chi connectivity index (χ0n) is 7.46. The fourth-order valence-corrected chi connectivity index (χ4v) is 1.78. The smallest absolute Gasteiger partial charge is 0.343 e. The Kier molecular flexibility index (Phi) is 2.12. The topological polar surface area (TPSA) is 98.0 Å². The normalized spacial score (nSPS) is 21.3. The Bertz CT molecular complexity index is 400. The number of aromatic amines is 2. The van der Waals surface area contributed by atoms with Gasteiger partial charge in [0.2, 0.25) is 0 Å². The van der Waals surface area contributed by atoms with Gasteiger partial charge in [-0.25, -0.2) is 4.79 Å². The van der Waals surface area contributed by atoms with E-state index in [1.165, 1.54) is 0 Å². The highest BCUT2D eigenvalue weighted by molar-refractivity contribution is 5.88. The fourth-order valence-electron chi connectivity index (χ4n) is 1.78. The molecule has 4 N–H and O–H groups in total. The second-order valence-electron chi connectivity index (χ2n) is 3.32. The zero-order chi connectivity index (χ0) is 10.1. The molecule has 6 heteroatoms. The molecule has 76 valence electrons. The van der Waals surface area contributed by atoms with E-state index in [4.69, 9.17) is 5.11 Å². The molecule has 6 nitrogen and oxygen atoms in total. The molecule has 1 unspecified atom stereocenters. The van der Waals surface area contributed by atoms with Crippen LogP contribution in [0.15, 0.2) is 4.79 Å². The average Bonchev–Trinajstić information content (AvgIpc) is 2.70. The number of aromatic nitrogens is 2. The molecule has 14 heavy (non-hydrogen) atoms. The number of hydrogen-bond donors (Lipinski definition) is 4. The third-order valence-corrected chi connectivity index (χ3v) is 2.43. The van der Waals surface area contributed by atoms with Gasteiger partial charge in [-0.05, 0) is 19.4 Å². The summed E-state index contributed by atoms with van der Waals surface area (Å²) in [6.45, 7) is 0.858. The maximum absolute atomic E-state index is 11.1. The Balaban J connectivity index is 2.42. The van der Waals surface area contributed by atoms with E-state index in [2.05, 4.69) is 15.5 Å². The van der Waals surface area contributed by atoms with Gasteiger partial charge in [0, 0.05) is 6.04 Å². The van der Waals surface area contributed by atoms with Gasteiger partial charge in [0.1, 0.15) is 5.56 Å². The van der Waals surface area contributed by atoms with E-state index in [1.807, 2.05) is 0 Å². The summed E-state index contributed by atoms with van der Waals surface area (Å²) in [7, 11) is 0. The van der Waals surface area contributed by atoms with Crippen molar-refractivity contribution in [2.45, 2.75) is 18.9 Å². The van der Waals surface area contributed by atoms with Crippen LogP contribution < -0.4 is 10.9 Å². The zero-order valence-corrected chi connectivity index (χ0v) is 7.46. The molecule has 0 amide bonds. The Hall–Kier alpha value is -1.56. The van der Waals surface area contributed by atoms with Crippen molar-refractivity contribution in [1.82, 2.24) is 15.5 Å². The van der Waals surface area contributed by atoms with Crippen molar-refractivity contribution in [2.75, 3.05) is 6.54 Å². The number of nitrogens with one attached hydrogen (secondary N) is 3. The second kappa shape index (κ2) is 3.30. The number of carboxylic acids is 1. The summed E-state index contributed by atoms with van der Waals surface area (Å²) >= 11 is 0. The highest BCUT2D eigenvalue weighted by Crippen LogP contribution is 2.22. The van der Waals surface area contributed by atoms with Crippen molar-refractivity contribution in [3.05, 3.63) is 21.6 Å². The molecule has 1 aromatic heterocycles. The molecule has 1 saturated heterocycles. The minimum absolute atomic E-state index is 0.0416. The molecule has 1 aromatic rings. The van der Waals surface area contributed by atoms with E-state index >= 15 is 0 Å². The van der Waals surface area contributed by atoms with Crippen LogP contribution in [0.25, 0.3) is 0 Å². The van der Waals surface area contributed by atoms with Gasteiger partial charge >= 0.3 is 5.97 Å². The molecule has 1 atom stereocenters. The summed E-state index contributed by atoms with van der Waals surface area (Å²) in [4.78, 5) is 21.9. The lowest BCUT2D eigenvalue weighted by molar-refractivity contribution is 0.0693. The average molecular weight is 197 g/mol. The molecule has 1 aliphatic rings. The SMILES string of the molecule is O=C(O)c1c(C2CCCN2)[nH][nH]c1=O. The van der Waals surface area contributed by atoms with Crippen LogP contribution in [0, 0.1) is 0 Å². The largest absolute Gasteiger partial charge is 0.477 e. The van der Waals surface area contributed by atoms with E-state index in [0.717, 1.165) is 19.4 Å². The molecular weight excluding hydrogens is 186 g/mol. The van der Waals surface area contributed by atoms with Gasteiger partial charge in [-0.15, -0.1) is 0 Å². The van der Waals surface area contributed by atoms with Gasteiger partial charge in [0.25, 0.3) is 5.56 Å². The maximum Gasteiger partial charge on any atom is 0.343 e. The minimum Gasteiger partial charge on any atom is -0.477 e. The molecule has 0 bridgehead atoms. The van der Waals surface area contributed by atoms with E-state index in [9.17, 15) is 9.59 Å². The predicted molar refractivity (Wildman–Crippen MR) is 48.4 cm³/mol. The Morgan fingerprint density at radius 3 is 2.79 bits per heavy atom. The van der Waals surface area contributed by atoms with Crippen molar-refractivity contribution in [1.29, 1.82) is 0 Å². The third-order valence-electron chi connectivity index (χ3n) is 2.43. The molecule has 1 fully saturated rings. The van der Waals surface area contributed by atoms with E-state index in [0.29, 0.717) is 5.69 Å². The van der Waals surface area contributed by atoms with Gasteiger partial charge in [0.05, 0.1) is 5.69 Å². The van der Waals surface area contributed by atoms with Gasteiger partial charge in [0.15, 0.2) is 0 Å². The Morgan fingerprint density at radius 1 is 1.43 bits per heavy atom. The quantitative estimate of drug-likeness (QED) is 0.529. The Morgan fingerprint density at radius 2 is 2.21 bits per heavy atom. The summed E-state index contributed by atoms with van der Waals surface area (Å²) in [5.41, 5.74) is -0.286. The van der Waals surface area contributed by atoms with E-state index < -0.39 is 11.5 Å². The number of carboxylic acid groups (broad SMARTS) is 1. The molecule has 0 aliphatic carbocycles. The molecule has 2 rings (SSSR count). The highest BCUT2D eigenvalue weighted by atomic mass is 16.4. The first kappa shape index (κ1) is 9.01. The van der Waals surface area contributed by atoms with Crippen LogP contribution in [-0.2, 0) is 0 Å². The molecule has 0 saturated carbocycles. The molecule has 1 aliphatic heterocycles. The maximum atomic E-state index is 11.1. The monoisotopic (exact) mass is 197 g/mol. The first-order valence-corrected chi connectivity index (χ1v) is 4.47. The highest BCUT2D eigenvalue weighted by Gasteiger charge is 2.26. The lowest BCUT2D eigenvalue weighted by Crippen LogP contribution is -2.19. The van der Waals surface area contributed by atoms with Crippen molar-refractivity contribution in [2.24, 2.45) is 0 Å². The second-order valence-corrected chi connectivity index (χ2v) is 3.32. The minimum atomic E-state index is -1.18. The summed E-state index contributed by atoms with van der Waals surface area (Å²) in [6, 6.07) is -0.0416. The van der Waals surface area contributed by atoms with E-state index in [-0.39, 0.29) is 11.6 Å². The first-order chi connectivity index (χ1) is 6.70. The molecule has 0 spiro atoms. The Labute approximate surface area is 79.3 Å². The number of H-pyrrole nitrogens is 2. The third kappa shape index (κ3) is 1.33. The van der Waals surface area contributed by atoms with Gasteiger partial charge < -0.3 is 10.4 Å². The van der Waals surface area contributed by atoms with Crippen LogP contribution >= 0.6 is 0 Å². The van der Waals surface area contributed by atoms with Crippen molar-refractivity contribution >= 4 is 5.97 Å². The van der Waals surface area contributed by atoms with Crippen LogP contribution in [0.3, 0.4) is 0 Å². The number of carbonyl (C=O) groups is 1. The summed E-state index contributed by atoms with van der Waals surface area (Å²) in [5, 5.41) is 16.9. The lowest BCUT2D eigenvalue weighted by atomic mass is 10.1. The summed E-state index contributed by atoms with van der Waals surface area (Å²) < 4.78 is 0. The van der Waals surface area contributed by atoms with Gasteiger partial charge in [-0.2, -0.15) is 0 Å². The predicted octanol–water partition coefficient (Wildman–Crippen LogP) is -0.174. The standard InChI is InChI=1S/C8H11N3O3/c12-7-5(8(13)14)6(10-11-7)4-2-1-3-9-4/h4,9H,1-3H2,(H,13,14)(H2,10,11,12). The molecule has 0 radical (unpaired) electrons. The van der Waals surface area contributed by atoms with Crippen molar-refractivity contribution in [3.63, 3.8) is 0 Å².